The van der Waals surface area contributed by atoms with Gasteiger partial charge in [-0.2, -0.15) is 0 Å². The van der Waals surface area contributed by atoms with Gasteiger partial charge in [-0.15, -0.1) is 0 Å². The number of rotatable bonds is 4. The summed E-state index contributed by atoms with van der Waals surface area (Å²) in [6.45, 7) is 2.44. The zero-order valence-electron chi connectivity index (χ0n) is 10.5. The molecule has 1 atom stereocenters. The Balaban J connectivity index is 2.39. The highest BCUT2D eigenvalue weighted by Crippen LogP contribution is 2.40. The molecular weight excluding hydrogens is 250 g/mol. The normalized spacial score (nSPS) is 18.2. The molecule has 1 heterocycles. The number of amides is 1. The molecule has 1 fully saturated rings. The van der Waals surface area contributed by atoms with E-state index in [0.717, 1.165) is 5.56 Å². The molecule has 0 radical (unpaired) electrons. The summed E-state index contributed by atoms with van der Waals surface area (Å²) in [6, 6.07) is 6.30. The maximum atomic E-state index is 11.7. The van der Waals surface area contributed by atoms with Gasteiger partial charge in [0.15, 0.2) is 0 Å². The Morgan fingerprint density at radius 3 is 2.74 bits per heavy atom. The number of nitrogens with two attached hydrogens (primary N) is 1. The molecule has 0 aliphatic carbocycles. The van der Waals surface area contributed by atoms with Crippen LogP contribution in [0.4, 0.5) is 5.69 Å². The summed E-state index contributed by atoms with van der Waals surface area (Å²) in [6.07, 6.45) is 0. The van der Waals surface area contributed by atoms with Gasteiger partial charge in [-0.05, 0) is 5.56 Å². The molecule has 2 rings (SSSR count). The third-order valence-corrected chi connectivity index (χ3v) is 3.72. The van der Waals surface area contributed by atoms with Crippen LogP contribution in [0.1, 0.15) is 12.5 Å². The smallest absolute Gasteiger partial charge is 0.269 e. The second kappa shape index (κ2) is 4.94. The molecule has 7 heteroatoms. The van der Waals surface area contributed by atoms with E-state index in [-0.39, 0.29) is 11.6 Å². The highest BCUT2D eigenvalue weighted by molar-refractivity contribution is 5.80. The van der Waals surface area contributed by atoms with Crippen molar-refractivity contribution in [1.82, 2.24) is 5.43 Å². The Kier molecular flexibility index (Phi) is 3.50. The molecule has 1 amide bonds. The Morgan fingerprint density at radius 1 is 1.58 bits per heavy atom. The molecule has 3 N–H and O–H groups in total. The van der Waals surface area contributed by atoms with Crippen molar-refractivity contribution in [2.75, 3.05) is 13.2 Å². The van der Waals surface area contributed by atoms with Gasteiger partial charge in [-0.25, -0.2) is 5.84 Å². The summed E-state index contributed by atoms with van der Waals surface area (Å²) in [5, 5.41) is 10.8. The van der Waals surface area contributed by atoms with E-state index in [9.17, 15) is 14.9 Å². The van der Waals surface area contributed by atoms with Crippen LogP contribution in [0.5, 0.6) is 0 Å². The van der Waals surface area contributed by atoms with Crippen molar-refractivity contribution in [1.29, 1.82) is 0 Å². The van der Waals surface area contributed by atoms with Gasteiger partial charge in [-0.3, -0.25) is 20.3 Å². The van der Waals surface area contributed by atoms with Gasteiger partial charge in [0.1, 0.15) is 0 Å². The van der Waals surface area contributed by atoms with Crippen LogP contribution in [0.2, 0.25) is 0 Å². The van der Waals surface area contributed by atoms with E-state index >= 15 is 0 Å². The Labute approximate surface area is 109 Å². The fourth-order valence-corrected chi connectivity index (χ4v) is 2.29. The van der Waals surface area contributed by atoms with Crippen LogP contribution >= 0.6 is 0 Å². The quantitative estimate of drug-likeness (QED) is 0.356. The van der Waals surface area contributed by atoms with Crippen molar-refractivity contribution >= 4 is 11.6 Å². The fourth-order valence-electron chi connectivity index (χ4n) is 2.29. The number of non-ortho nitro benzene ring substituents is 1. The summed E-state index contributed by atoms with van der Waals surface area (Å²) in [5.74, 6) is 4.42. The number of carbonyl (C=O) groups is 1. The average Bonchev–Trinajstić information content (AvgIpc) is 2.36. The van der Waals surface area contributed by atoms with Crippen LogP contribution in [0.15, 0.2) is 24.3 Å². The number of nitro groups is 1. The lowest BCUT2D eigenvalue weighted by molar-refractivity contribution is -0.385. The Bertz CT molecular complexity index is 513. The minimum atomic E-state index is -0.546. The molecule has 7 nitrogen and oxygen atoms in total. The van der Waals surface area contributed by atoms with Gasteiger partial charge in [0.25, 0.3) is 5.69 Å². The van der Waals surface area contributed by atoms with Gasteiger partial charge >= 0.3 is 0 Å². The van der Waals surface area contributed by atoms with Gasteiger partial charge < -0.3 is 4.74 Å². The van der Waals surface area contributed by atoms with Crippen LogP contribution in [0, 0.1) is 16.0 Å². The van der Waals surface area contributed by atoms with E-state index < -0.39 is 16.3 Å². The topological polar surface area (TPSA) is 107 Å². The first-order chi connectivity index (χ1) is 9.01. The summed E-state index contributed by atoms with van der Waals surface area (Å²) in [5.41, 5.74) is 2.30. The van der Waals surface area contributed by atoms with Crippen LogP contribution in [0.25, 0.3) is 0 Å². The molecule has 0 aromatic heterocycles. The fraction of sp³-hybridized carbons (Fsp3) is 0.417. The second-order valence-corrected chi connectivity index (χ2v) is 4.69. The number of benzene rings is 1. The van der Waals surface area contributed by atoms with Gasteiger partial charge in [0.05, 0.1) is 29.5 Å². The van der Waals surface area contributed by atoms with Gasteiger partial charge in [0, 0.05) is 12.1 Å². The molecule has 1 aromatic carbocycles. The van der Waals surface area contributed by atoms with Gasteiger partial charge in [0.2, 0.25) is 5.91 Å². The van der Waals surface area contributed by atoms with E-state index in [4.69, 9.17) is 10.6 Å². The molecule has 102 valence electrons. The number of nitrogens with one attached hydrogen (secondary N) is 1. The minimum Gasteiger partial charge on any atom is -0.379 e. The number of nitrogens with zero attached hydrogens (tertiary/aromatic N) is 1. The predicted octanol–water partition coefficient (Wildman–Crippen LogP) is 0.489. The molecule has 0 spiro atoms. The van der Waals surface area contributed by atoms with Crippen LogP contribution in [-0.2, 0) is 14.9 Å². The molecular formula is C12H15N3O4. The standard InChI is InChI=1S/C12H15N3O4/c1-8(11(16)14-13)12(6-19-7-12)9-3-2-4-10(5-9)15(17)18/h2-5,8H,6-7,13H2,1H3,(H,14,16). The number of ether oxygens (including phenoxy) is 1. The van der Waals surface area contributed by atoms with Gasteiger partial charge in [-0.1, -0.05) is 19.1 Å². The maximum Gasteiger partial charge on any atom is 0.269 e. The monoisotopic (exact) mass is 265 g/mol. The van der Waals surface area contributed by atoms with Crippen molar-refractivity contribution in [3.63, 3.8) is 0 Å². The van der Waals surface area contributed by atoms with E-state index in [1.165, 1.54) is 12.1 Å². The molecule has 19 heavy (non-hydrogen) atoms. The molecule has 0 bridgehead atoms. The van der Waals surface area contributed by atoms with Crippen LogP contribution in [-0.4, -0.2) is 24.0 Å². The third kappa shape index (κ3) is 2.18. The predicted molar refractivity (Wildman–Crippen MR) is 67.1 cm³/mol. The lowest BCUT2D eigenvalue weighted by Gasteiger charge is -2.45. The van der Waals surface area contributed by atoms with E-state index in [1.807, 2.05) is 0 Å². The highest BCUT2D eigenvalue weighted by Gasteiger charge is 2.48. The van der Waals surface area contributed by atoms with E-state index in [0.29, 0.717) is 13.2 Å². The number of hydrogen-bond donors (Lipinski definition) is 2. The van der Waals surface area contributed by atoms with Crippen LogP contribution in [0.3, 0.4) is 0 Å². The average molecular weight is 265 g/mol. The van der Waals surface area contributed by atoms with E-state index in [1.54, 1.807) is 19.1 Å². The molecule has 1 aromatic rings. The van der Waals surface area contributed by atoms with Crippen molar-refractivity contribution in [2.45, 2.75) is 12.3 Å². The molecule has 1 saturated heterocycles. The number of carbonyl (C=O) groups excluding carboxylic acids is 1. The number of hydrogen-bond acceptors (Lipinski definition) is 5. The largest absolute Gasteiger partial charge is 0.379 e. The van der Waals surface area contributed by atoms with E-state index in [2.05, 4.69) is 5.43 Å². The number of nitro benzene ring substituents is 1. The maximum absolute atomic E-state index is 11.7. The second-order valence-electron chi connectivity index (χ2n) is 4.69. The van der Waals surface area contributed by atoms with Crippen LogP contribution < -0.4 is 11.3 Å². The summed E-state index contributed by atoms with van der Waals surface area (Å²) in [4.78, 5) is 22.1. The molecule has 1 aliphatic heterocycles. The summed E-state index contributed by atoms with van der Waals surface area (Å²) < 4.78 is 5.22. The van der Waals surface area contributed by atoms with Crippen molar-refractivity contribution in [3.05, 3.63) is 39.9 Å². The van der Waals surface area contributed by atoms with Crippen molar-refractivity contribution in [3.8, 4) is 0 Å². The summed E-state index contributed by atoms with van der Waals surface area (Å²) in [7, 11) is 0. The molecule has 1 unspecified atom stereocenters. The SMILES string of the molecule is CC(C(=O)NN)C1(c2cccc([N+](=O)[O-])c2)COC1. The highest BCUT2D eigenvalue weighted by atomic mass is 16.6. The Morgan fingerprint density at radius 2 is 2.26 bits per heavy atom. The first kappa shape index (κ1) is 13.4. The zero-order valence-corrected chi connectivity index (χ0v) is 10.5. The lowest BCUT2D eigenvalue weighted by atomic mass is 9.69. The zero-order chi connectivity index (χ0) is 14.0. The van der Waals surface area contributed by atoms with Crippen molar-refractivity contribution < 1.29 is 14.5 Å². The molecule has 1 aliphatic rings. The first-order valence-corrected chi connectivity index (χ1v) is 5.84. The number of hydrazine groups is 1. The lowest BCUT2D eigenvalue weighted by Crippen LogP contribution is -2.56. The first-order valence-electron chi connectivity index (χ1n) is 5.84. The molecule has 0 saturated carbocycles. The summed E-state index contributed by atoms with van der Waals surface area (Å²) >= 11 is 0. The third-order valence-electron chi connectivity index (χ3n) is 3.72. The Hall–Kier alpha value is -1.99. The minimum absolute atomic E-state index is 0.00383. The van der Waals surface area contributed by atoms with Crippen molar-refractivity contribution in [2.24, 2.45) is 11.8 Å².